The number of benzene rings is 1. The molecule has 3 nitrogen and oxygen atoms in total. The smallest absolute Gasteiger partial charge is 0.143 e. The fourth-order valence-electron chi connectivity index (χ4n) is 1.66. The van der Waals surface area contributed by atoms with Gasteiger partial charge in [0, 0.05) is 7.05 Å². The van der Waals surface area contributed by atoms with E-state index >= 15 is 0 Å². The second kappa shape index (κ2) is 4.71. The molecule has 0 N–H and O–H groups in total. The van der Waals surface area contributed by atoms with Crippen molar-refractivity contribution >= 4 is 5.69 Å². The van der Waals surface area contributed by atoms with Crippen LogP contribution in [0.4, 0.5) is 10.1 Å². The second-order valence-electron chi connectivity index (χ2n) is 3.68. The lowest BCUT2D eigenvalue weighted by Gasteiger charge is -2.19. The van der Waals surface area contributed by atoms with Crippen LogP contribution in [-0.2, 0) is 6.54 Å². The Morgan fingerprint density at radius 3 is 2.82 bits per heavy atom. The third kappa shape index (κ3) is 2.28. The van der Waals surface area contributed by atoms with Crippen molar-refractivity contribution in [1.82, 2.24) is 0 Å². The van der Waals surface area contributed by atoms with Crippen LogP contribution in [0.15, 0.2) is 41.0 Å². The van der Waals surface area contributed by atoms with Gasteiger partial charge in [-0.05, 0) is 24.3 Å². The number of furan rings is 1. The maximum absolute atomic E-state index is 13.4. The zero-order valence-corrected chi connectivity index (χ0v) is 9.35. The molecule has 1 aromatic carbocycles. The highest BCUT2D eigenvalue weighted by Crippen LogP contribution is 2.22. The van der Waals surface area contributed by atoms with Crippen molar-refractivity contribution < 1.29 is 8.81 Å². The van der Waals surface area contributed by atoms with Gasteiger partial charge in [-0.3, -0.25) is 0 Å². The molecule has 0 fully saturated rings. The van der Waals surface area contributed by atoms with Crippen molar-refractivity contribution in [2.45, 2.75) is 6.54 Å². The minimum Gasteiger partial charge on any atom is -0.467 e. The van der Waals surface area contributed by atoms with Gasteiger partial charge in [-0.2, -0.15) is 5.26 Å². The maximum Gasteiger partial charge on any atom is 0.143 e. The lowest BCUT2D eigenvalue weighted by atomic mass is 10.1. The van der Waals surface area contributed by atoms with Crippen LogP contribution in [0.1, 0.15) is 11.3 Å². The lowest BCUT2D eigenvalue weighted by molar-refractivity contribution is 0.507. The molecule has 0 radical (unpaired) electrons. The lowest BCUT2D eigenvalue weighted by Crippen LogP contribution is -2.17. The van der Waals surface area contributed by atoms with Crippen molar-refractivity contribution in [3.63, 3.8) is 0 Å². The first-order valence-corrected chi connectivity index (χ1v) is 5.14. The van der Waals surface area contributed by atoms with Crippen molar-refractivity contribution in [2.75, 3.05) is 11.9 Å². The number of nitriles is 1. The Kier molecular flexibility index (Phi) is 3.10. The summed E-state index contributed by atoms with van der Waals surface area (Å²) in [5.74, 6) is 0.261. The van der Waals surface area contributed by atoms with E-state index in [2.05, 4.69) is 0 Å². The summed E-state index contributed by atoms with van der Waals surface area (Å²) in [7, 11) is 1.79. The molecular weight excluding hydrogens is 219 g/mol. The van der Waals surface area contributed by atoms with Gasteiger partial charge in [0.1, 0.15) is 23.2 Å². The van der Waals surface area contributed by atoms with E-state index in [0.717, 1.165) is 5.76 Å². The van der Waals surface area contributed by atoms with Gasteiger partial charge in [0.25, 0.3) is 0 Å². The summed E-state index contributed by atoms with van der Waals surface area (Å²) >= 11 is 0. The molecule has 1 aromatic heterocycles. The summed E-state index contributed by atoms with van der Waals surface area (Å²) in [6, 6.07) is 10.1. The van der Waals surface area contributed by atoms with Crippen LogP contribution in [0.3, 0.4) is 0 Å². The van der Waals surface area contributed by atoms with Crippen molar-refractivity contribution in [3.05, 3.63) is 53.7 Å². The van der Waals surface area contributed by atoms with Crippen LogP contribution in [0.25, 0.3) is 0 Å². The van der Waals surface area contributed by atoms with Gasteiger partial charge < -0.3 is 9.32 Å². The standard InChI is InChI=1S/C13H11FN2O/c1-16(9-10-4-3-7-17-10)13-6-2-5-12(14)11(13)8-15/h2-7H,9H2,1H3. The highest BCUT2D eigenvalue weighted by molar-refractivity contribution is 5.59. The second-order valence-corrected chi connectivity index (χ2v) is 3.68. The number of rotatable bonds is 3. The van der Waals surface area contributed by atoms with Crippen LogP contribution in [-0.4, -0.2) is 7.05 Å². The molecule has 0 amide bonds. The van der Waals surface area contributed by atoms with Crippen LogP contribution >= 0.6 is 0 Å². The predicted molar refractivity (Wildman–Crippen MR) is 61.9 cm³/mol. The Bertz CT molecular complexity index is 543. The van der Waals surface area contributed by atoms with Gasteiger partial charge in [-0.25, -0.2) is 4.39 Å². The van der Waals surface area contributed by atoms with Gasteiger partial charge >= 0.3 is 0 Å². The molecule has 2 aromatic rings. The van der Waals surface area contributed by atoms with Gasteiger partial charge in [0.05, 0.1) is 18.5 Å². The van der Waals surface area contributed by atoms with E-state index in [0.29, 0.717) is 12.2 Å². The first-order chi connectivity index (χ1) is 8.22. The molecule has 0 saturated carbocycles. The molecule has 0 bridgehead atoms. The van der Waals surface area contributed by atoms with Gasteiger partial charge in [-0.1, -0.05) is 6.07 Å². The summed E-state index contributed by atoms with van der Waals surface area (Å²) in [5, 5.41) is 8.93. The molecule has 0 aliphatic carbocycles. The zero-order valence-electron chi connectivity index (χ0n) is 9.35. The van der Waals surface area contributed by atoms with Crippen LogP contribution in [0, 0.1) is 17.1 Å². The number of hydrogen-bond donors (Lipinski definition) is 0. The molecule has 17 heavy (non-hydrogen) atoms. The summed E-state index contributed by atoms with van der Waals surface area (Å²) in [6.45, 7) is 0.491. The Morgan fingerprint density at radius 2 is 2.18 bits per heavy atom. The summed E-state index contributed by atoms with van der Waals surface area (Å²) < 4.78 is 18.6. The normalized spacial score (nSPS) is 9.94. The molecule has 0 atom stereocenters. The summed E-state index contributed by atoms with van der Waals surface area (Å²) in [6.07, 6.45) is 1.58. The first kappa shape index (κ1) is 11.2. The van der Waals surface area contributed by atoms with Crippen molar-refractivity contribution in [2.24, 2.45) is 0 Å². The third-order valence-electron chi connectivity index (χ3n) is 2.49. The molecular formula is C13H11FN2O. The van der Waals surface area contributed by atoms with E-state index in [1.165, 1.54) is 6.07 Å². The minimum absolute atomic E-state index is 0.0570. The minimum atomic E-state index is -0.503. The molecule has 2 rings (SSSR count). The molecule has 0 unspecified atom stereocenters. The summed E-state index contributed by atoms with van der Waals surface area (Å²) in [5.41, 5.74) is 0.616. The molecule has 0 aliphatic rings. The van der Waals surface area contributed by atoms with Gasteiger partial charge in [-0.15, -0.1) is 0 Å². The highest BCUT2D eigenvalue weighted by atomic mass is 19.1. The van der Waals surface area contributed by atoms with E-state index < -0.39 is 5.82 Å². The molecule has 4 heteroatoms. The first-order valence-electron chi connectivity index (χ1n) is 5.14. The van der Waals surface area contributed by atoms with E-state index in [-0.39, 0.29) is 5.56 Å². The van der Waals surface area contributed by atoms with Crippen LogP contribution in [0.5, 0.6) is 0 Å². The fourth-order valence-corrected chi connectivity index (χ4v) is 1.66. The van der Waals surface area contributed by atoms with Crippen molar-refractivity contribution in [3.8, 4) is 6.07 Å². The van der Waals surface area contributed by atoms with Crippen molar-refractivity contribution in [1.29, 1.82) is 5.26 Å². The Balaban J connectivity index is 2.28. The Hall–Kier alpha value is -2.28. The number of anilines is 1. The quantitative estimate of drug-likeness (QED) is 0.813. The summed E-state index contributed by atoms with van der Waals surface area (Å²) in [4.78, 5) is 1.78. The largest absolute Gasteiger partial charge is 0.467 e. The van der Waals surface area contributed by atoms with Gasteiger partial charge in [0.15, 0.2) is 0 Å². The molecule has 0 spiro atoms. The number of halogens is 1. The Labute approximate surface area is 98.7 Å². The maximum atomic E-state index is 13.4. The zero-order chi connectivity index (χ0) is 12.3. The average molecular weight is 230 g/mol. The average Bonchev–Trinajstić information content (AvgIpc) is 2.81. The SMILES string of the molecule is CN(Cc1ccco1)c1cccc(F)c1C#N. The number of nitrogens with zero attached hydrogens (tertiary/aromatic N) is 2. The Morgan fingerprint density at radius 1 is 1.35 bits per heavy atom. The van der Waals surface area contributed by atoms with Crippen LogP contribution in [0.2, 0.25) is 0 Å². The van der Waals surface area contributed by atoms with E-state index in [1.54, 1.807) is 36.4 Å². The van der Waals surface area contributed by atoms with E-state index in [4.69, 9.17) is 9.68 Å². The van der Waals surface area contributed by atoms with Crippen LogP contribution < -0.4 is 4.90 Å². The monoisotopic (exact) mass is 230 g/mol. The third-order valence-corrected chi connectivity index (χ3v) is 2.49. The van der Waals surface area contributed by atoms with Gasteiger partial charge in [0.2, 0.25) is 0 Å². The van der Waals surface area contributed by atoms with E-state index in [9.17, 15) is 4.39 Å². The van der Waals surface area contributed by atoms with E-state index in [1.807, 2.05) is 12.1 Å². The molecule has 0 saturated heterocycles. The molecule has 86 valence electrons. The topological polar surface area (TPSA) is 40.2 Å². The predicted octanol–water partition coefficient (Wildman–Crippen LogP) is 2.93. The highest BCUT2D eigenvalue weighted by Gasteiger charge is 2.12. The molecule has 1 heterocycles. The fraction of sp³-hybridized carbons (Fsp3) is 0.154. The molecule has 0 aliphatic heterocycles. The number of hydrogen-bond acceptors (Lipinski definition) is 3.